The quantitative estimate of drug-likeness (QED) is 0.661. The lowest BCUT2D eigenvalue weighted by Crippen LogP contribution is -3.11. The Hall–Kier alpha value is -2.99. The van der Waals surface area contributed by atoms with Crippen LogP contribution in [0.25, 0.3) is 11.0 Å². The highest BCUT2D eigenvalue weighted by molar-refractivity contribution is 5.81. The van der Waals surface area contributed by atoms with Crippen LogP contribution in [0.2, 0.25) is 0 Å². The highest BCUT2D eigenvalue weighted by atomic mass is 16.6. The van der Waals surface area contributed by atoms with Crippen LogP contribution in [-0.2, 0) is 6.54 Å². The van der Waals surface area contributed by atoms with Gasteiger partial charge in [-0.1, -0.05) is 12.1 Å². The van der Waals surface area contributed by atoms with E-state index < -0.39 is 0 Å². The molecule has 146 valence electrons. The molecule has 0 saturated heterocycles. The van der Waals surface area contributed by atoms with Gasteiger partial charge in [0, 0.05) is 23.1 Å². The maximum absolute atomic E-state index is 12.0. The predicted molar refractivity (Wildman–Crippen MR) is 105 cm³/mol. The van der Waals surface area contributed by atoms with Crippen LogP contribution in [-0.4, -0.2) is 32.9 Å². The number of methoxy groups -OCH3 is 1. The van der Waals surface area contributed by atoms with E-state index in [1.165, 1.54) is 4.90 Å². The minimum atomic E-state index is -0.350. The minimum Gasteiger partial charge on any atom is -0.497 e. The number of quaternary nitrogens is 1. The minimum absolute atomic E-state index is 0.0312. The molecule has 0 amide bonds. The van der Waals surface area contributed by atoms with E-state index in [0.717, 1.165) is 35.5 Å². The highest BCUT2D eigenvalue weighted by Crippen LogP contribution is 2.30. The number of benzene rings is 2. The Balaban J connectivity index is 1.53. The molecule has 4 rings (SSSR count). The first-order valence-corrected chi connectivity index (χ1v) is 9.49. The summed E-state index contributed by atoms with van der Waals surface area (Å²) in [5, 5.41) is 0.928. The molecule has 1 aromatic heterocycles. The van der Waals surface area contributed by atoms with Crippen LogP contribution in [0.5, 0.6) is 17.2 Å². The summed E-state index contributed by atoms with van der Waals surface area (Å²) < 4.78 is 22.5. The van der Waals surface area contributed by atoms with Crippen molar-refractivity contribution in [1.29, 1.82) is 0 Å². The van der Waals surface area contributed by atoms with Crippen LogP contribution in [0.1, 0.15) is 12.5 Å². The molecule has 0 radical (unpaired) electrons. The van der Waals surface area contributed by atoms with E-state index in [-0.39, 0.29) is 11.7 Å². The van der Waals surface area contributed by atoms with Crippen molar-refractivity contribution >= 4 is 11.0 Å². The number of nitrogens with one attached hydrogen (secondary N) is 1. The first-order chi connectivity index (χ1) is 13.7. The monoisotopic (exact) mass is 382 g/mol. The second kappa shape index (κ2) is 7.94. The molecule has 0 spiro atoms. The zero-order valence-electron chi connectivity index (χ0n) is 16.1. The fourth-order valence-corrected chi connectivity index (χ4v) is 3.58. The lowest BCUT2D eigenvalue weighted by molar-refractivity contribution is -0.914. The summed E-state index contributed by atoms with van der Waals surface area (Å²) in [6.07, 6.45) is -0.0312. The van der Waals surface area contributed by atoms with Gasteiger partial charge < -0.3 is 23.5 Å². The SMILES string of the molecule is CC[NH+](Cc1cc(=O)oc2cc(OC)ccc12)C[C@H]1COc2ccccc2O1. The zero-order chi connectivity index (χ0) is 19.5. The molecular formula is C22H24NO5+. The first kappa shape index (κ1) is 18.4. The van der Waals surface area contributed by atoms with Gasteiger partial charge in [0.2, 0.25) is 0 Å². The summed E-state index contributed by atoms with van der Waals surface area (Å²) in [6, 6.07) is 14.9. The van der Waals surface area contributed by atoms with Gasteiger partial charge >= 0.3 is 5.63 Å². The molecule has 1 unspecified atom stereocenters. The van der Waals surface area contributed by atoms with Gasteiger partial charge in [-0.15, -0.1) is 0 Å². The Bertz CT molecular complexity index is 1030. The summed E-state index contributed by atoms with van der Waals surface area (Å²) >= 11 is 0. The van der Waals surface area contributed by atoms with Crippen molar-refractivity contribution in [1.82, 2.24) is 0 Å². The molecule has 6 nitrogen and oxygen atoms in total. The molecule has 2 aromatic carbocycles. The fraction of sp³-hybridized carbons (Fsp3) is 0.318. The predicted octanol–water partition coefficient (Wildman–Crippen LogP) is 2.05. The topological polar surface area (TPSA) is 62.3 Å². The lowest BCUT2D eigenvalue weighted by Gasteiger charge is -2.29. The molecule has 2 atom stereocenters. The number of para-hydroxylation sites is 2. The number of fused-ring (bicyclic) bond motifs is 2. The largest absolute Gasteiger partial charge is 0.497 e. The number of likely N-dealkylation sites (N-methyl/N-ethyl adjacent to an activating group) is 1. The molecule has 2 heterocycles. The summed E-state index contributed by atoms with van der Waals surface area (Å²) in [6.45, 7) is 5.04. The molecule has 1 N–H and O–H groups in total. The molecule has 0 bridgehead atoms. The van der Waals surface area contributed by atoms with Crippen molar-refractivity contribution in [2.24, 2.45) is 0 Å². The summed E-state index contributed by atoms with van der Waals surface area (Å²) in [5.74, 6) is 2.24. The van der Waals surface area contributed by atoms with E-state index in [1.54, 1.807) is 19.2 Å². The van der Waals surface area contributed by atoms with E-state index >= 15 is 0 Å². The summed E-state index contributed by atoms with van der Waals surface area (Å²) in [5.41, 5.74) is 1.16. The number of rotatable bonds is 6. The van der Waals surface area contributed by atoms with Gasteiger partial charge in [0.1, 0.15) is 31.0 Å². The van der Waals surface area contributed by atoms with Crippen molar-refractivity contribution in [3.63, 3.8) is 0 Å². The molecule has 3 aromatic rings. The van der Waals surface area contributed by atoms with Crippen molar-refractivity contribution in [2.45, 2.75) is 19.6 Å². The second-order valence-corrected chi connectivity index (χ2v) is 6.93. The molecule has 0 saturated carbocycles. The Morgan fingerprint density at radius 3 is 2.75 bits per heavy atom. The summed E-state index contributed by atoms with van der Waals surface area (Å²) in [7, 11) is 1.59. The average molecular weight is 382 g/mol. The van der Waals surface area contributed by atoms with E-state index in [0.29, 0.717) is 24.5 Å². The highest BCUT2D eigenvalue weighted by Gasteiger charge is 2.25. The van der Waals surface area contributed by atoms with Crippen LogP contribution in [0.15, 0.2) is 57.7 Å². The van der Waals surface area contributed by atoms with Crippen LogP contribution in [0.4, 0.5) is 0 Å². The van der Waals surface area contributed by atoms with E-state index in [1.807, 2.05) is 36.4 Å². The number of hydrogen-bond acceptors (Lipinski definition) is 5. The molecule has 6 heteroatoms. The Morgan fingerprint density at radius 1 is 1.14 bits per heavy atom. The van der Waals surface area contributed by atoms with Gasteiger partial charge in [-0.25, -0.2) is 4.79 Å². The third kappa shape index (κ3) is 3.82. The van der Waals surface area contributed by atoms with Crippen LogP contribution in [0.3, 0.4) is 0 Å². The van der Waals surface area contributed by atoms with Crippen LogP contribution >= 0.6 is 0 Å². The van der Waals surface area contributed by atoms with Gasteiger partial charge in [0.15, 0.2) is 17.6 Å². The molecule has 0 aliphatic carbocycles. The maximum Gasteiger partial charge on any atom is 0.336 e. The molecule has 1 aliphatic heterocycles. The number of ether oxygens (including phenoxy) is 3. The molecule has 28 heavy (non-hydrogen) atoms. The fourth-order valence-electron chi connectivity index (χ4n) is 3.58. The standard InChI is InChI=1S/C22H23NO5/c1-3-23(13-17-14-26-19-6-4-5-7-20(19)27-17)12-15-10-22(24)28-21-11-16(25-2)8-9-18(15)21/h4-11,17H,3,12-14H2,1-2H3/p+1/t17-/m0/s1. The van der Waals surface area contributed by atoms with E-state index in [9.17, 15) is 4.79 Å². The van der Waals surface area contributed by atoms with Gasteiger partial charge in [-0.3, -0.25) is 0 Å². The van der Waals surface area contributed by atoms with Crippen LogP contribution in [0, 0.1) is 0 Å². The lowest BCUT2D eigenvalue weighted by atomic mass is 10.1. The van der Waals surface area contributed by atoms with Gasteiger partial charge in [0.25, 0.3) is 0 Å². The van der Waals surface area contributed by atoms with E-state index in [4.69, 9.17) is 18.6 Å². The third-order valence-electron chi connectivity index (χ3n) is 5.06. The Morgan fingerprint density at radius 2 is 1.96 bits per heavy atom. The zero-order valence-corrected chi connectivity index (χ0v) is 16.1. The first-order valence-electron chi connectivity index (χ1n) is 9.49. The van der Waals surface area contributed by atoms with Gasteiger partial charge in [0.05, 0.1) is 13.7 Å². The van der Waals surface area contributed by atoms with Crippen molar-refractivity contribution < 1.29 is 23.5 Å². The molecule has 1 aliphatic rings. The van der Waals surface area contributed by atoms with Crippen molar-refractivity contribution in [3.8, 4) is 17.2 Å². The maximum atomic E-state index is 12.0. The Kier molecular flexibility index (Phi) is 5.21. The molecular weight excluding hydrogens is 358 g/mol. The normalized spacial score (nSPS) is 16.7. The van der Waals surface area contributed by atoms with Crippen molar-refractivity contribution in [2.75, 3.05) is 26.8 Å². The third-order valence-corrected chi connectivity index (χ3v) is 5.06. The van der Waals surface area contributed by atoms with Crippen molar-refractivity contribution in [3.05, 3.63) is 64.5 Å². The smallest absolute Gasteiger partial charge is 0.336 e. The second-order valence-electron chi connectivity index (χ2n) is 6.93. The van der Waals surface area contributed by atoms with Gasteiger partial charge in [-0.2, -0.15) is 0 Å². The average Bonchev–Trinajstić information content (AvgIpc) is 2.72. The van der Waals surface area contributed by atoms with Gasteiger partial charge in [-0.05, 0) is 31.2 Å². The molecule has 0 fully saturated rings. The number of hydrogen-bond donors (Lipinski definition) is 1. The van der Waals surface area contributed by atoms with E-state index in [2.05, 4.69) is 6.92 Å². The summed E-state index contributed by atoms with van der Waals surface area (Å²) in [4.78, 5) is 13.3. The Labute approximate surface area is 163 Å². The van der Waals surface area contributed by atoms with Crippen LogP contribution < -0.4 is 24.7 Å².